The zero-order valence-electron chi connectivity index (χ0n) is 16.3. The summed E-state index contributed by atoms with van der Waals surface area (Å²) in [6, 6.07) is 9.25. The lowest BCUT2D eigenvalue weighted by molar-refractivity contribution is -0.383. The Morgan fingerprint density at radius 1 is 1.00 bits per heavy atom. The van der Waals surface area contributed by atoms with Crippen LogP contribution in [0.4, 0.5) is 11.4 Å². The van der Waals surface area contributed by atoms with Crippen molar-refractivity contribution in [1.82, 2.24) is 9.21 Å². The second kappa shape index (κ2) is 7.69. The molecule has 0 saturated carbocycles. The molecule has 2 N–H and O–H groups in total. The van der Waals surface area contributed by atoms with Gasteiger partial charge in [-0.3, -0.25) is 14.9 Å². The Hall–Kier alpha value is -2.98. The SMILES string of the molecule is Nc1ccc(C(=O)N2CCN(S(=O)(=O)c3ccc4c(c3)CCC4)CC2)cc1[N+](=O)[O-]. The number of nitro benzene ring substituents is 1. The van der Waals surface area contributed by atoms with E-state index in [1.807, 2.05) is 6.07 Å². The number of nitro groups is 1. The van der Waals surface area contributed by atoms with Gasteiger partial charge in [-0.1, -0.05) is 6.07 Å². The van der Waals surface area contributed by atoms with Crippen molar-refractivity contribution in [3.05, 3.63) is 63.2 Å². The molecule has 0 unspecified atom stereocenters. The molecule has 1 fully saturated rings. The number of fused-ring (bicyclic) bond motifs is 1. The van der Waals surface area contributed by atoms with Gasteiger partial charge in [-0.2, -0.15) is 4.31 Å². The summed E-state index contributed by atoms with van der Waals surface area (Å²) in [5.41, 5.74) is 7.71. The molecule has 9 nitrogen and oxygen atoms in total. The van der Waals surface area contributed by atoms with E-state index < -0.39 is 14.9 Å². The van der Waals surface area contributed by atoms with E-state index in [2.05, 4.69) is 0 Å². The molecule has 2 aromatic carbocycles. The molecule has 2 aromatic rings. The number of carbonyl (C=O) groups is 1. The van der Waals surface area contributed by atoms with Crippen molar-refractivity contribution < 1.29 is 18.1 Å². The fraction of sp³-hybridized carbons (Fsp3) is 0.350. The number of nitrogens with zero attached hydrogens (tertiary/aromatic N) is 3. The summed E-state index contributed by atoms with van der Waals surface area (Å²) in [5.74, 6) is -0.382. The third kappa shape index (κ3) is 3.63. The van der Waals surface area contributed by atoms with Gasteiger partial charge in [-0.05, 0) is 54.7 Å². The zero-order valence-corrected chi connectivity index (χ0v) is 17.1. The van der Waals surface area contributed by atoms with Crippen LogP contribution in [0.15, 0.2) is 41.3 Å². The Bertz CT molecular complexity index is 1120. The highest BCUT2D eigenvalue weighted by Gasteiger charge is 2.31. The average molecular weight is 430 g/mol. The molecule has 0 bridgehead atoms. The minimum atomic E-state index is -3.63. The first kappa shape index (κ1) is 20.3. The van der Waals surface area contributed by atoms with Crippen molar-refractivity contribution in [2.24, 2.45) is 0 Å². The first-order valence-corrected chi connectivity index (χ1v) is 11.2. The normalized spacial score (nSPS) is 17.0. The number of benzene rings is 2. The number of hydrogen-bond acceptors (Lipinski definition) is 6. The minimum absolute atomic E-state index is 0.0122. The van der Waals surface area contributed by atoms with Crippen molar-refractivity contribution in [3.63, 3.8) is 0 Å². The minimum Gasteiger partial charge on any atom is -0.393 e. The number of carbonyl (C=O) groups excluding carboxylic acids is 1. The average Bonchev–Trinajstić information content (AvgIpc) is 3.21. The van der Waals surface area contributed by atoms with E-state index in [1.165, 1.54) is 26.9 Å². The van der Waals surface area contributed by atoms with Crippen LogP contribution in [0.25, 0.3) is 0 Å². The molecule has 30 heavy (non-hydrogen) atoms. The second-order valence-electron chi connectivity index (χ2n) is 7.51. The van der Waals surface area contributed by atoms with E-state index in [1.54, 1.807) is 12.1 Å². The summed E-state index contributed by atoms with van der Waals surface area (Å²) in [7, 11) is -3.63. The first-order chi connectivity index (χ1) is 14.3. The largest absolute Gasteiger partial charge is 0.393 e. The number of amides is 1. The standard InChI is InChI=1S/C20H22N4O5S/c21-18-7-5-16(13-19(18)24(26)27)20(25)22-8-10-23(11-9-22)30(28,29)17-6-4-14-2-1-3-15(14)12-17/h4-7,12-13H,1-3,8-11,21H2. The summed E-state index contributed by atoms with van der Waals surface area (Å²) >= 11 is 0. The number of rotatable bonds is 4. The lowest BCUT2D eigenvalue weighted by Gasteiger charge is -2.34. The van der Waals surface area contributed by atoms with E-state index >= 15 is 0 Å². The number of hydrogen-bond donors (Lipinski definition) is 1. The molecule has 1 amide bonds. The smallest absolute Gasteiger partial charge is 0.292 e. The quantitative estimate of drug-likeness (QED) is 0.448. The molecule has 1 aliphatic carbocycles. The highest BCUT2D eigenvalue weighted by molar-refractivity contribution is 7.89. The van der Waals surface area contributed by atoms with Crippen molar-refractivity contribution in [1.29, 1.82) is 0 Å². The molecule has 0 aromatic heterocycles. The van der Waals surface area contributed by atoms with Crippen LogP contribution < -0.4 is 5.73 Å². The lowest BCUT2D eigenvalue weighted by atomic mass is 10.1. The number of piperazine rings is 1. The zero-order chi connectivity index (χ0) is 21.5. The molecule has 1 aliphatic heterocycles. The molecule has 1 heterocycles. The molecule has 158 valence electrons. The maximum atomic E-state index is 13.0. The van der Waals surface area contributed by atoms with Crippen molar-refractivity contribution in [2.75, 3.05) is 31.9 Å². The molecule has 2 aliphatic rings. The highest BCUT2D eigenvalue weighted by Crippen LogP contribution is 2.27. The van der Waals surface area contributed by atoms with Gasteiger partial charge in [-0.15, -0.1) is 0 Å². The fourth-order valence-electron chi connectivity index (χ4n) is 4.01. The van der Waals surface area contributed by atoms with Gasteiger partial charge in [0.25, 0.3) is 11.6 Å². The second-order valence-corrected chi connectivity index (χ2v) is 9.45. The van der Waals surface area contributed by atoms with Gasteiger partial charge in [0.05, 0.1) is 9.82 Å². The van der Waals surface area contributed by atoms with E-state index in [0.717, 1.165) is 30.9 Å². The maximum Gasteiger partial charge on any atom is 0.292 e. The molecule has 10 heteroatoms. The van der Waals surface area contributed by atoms with Crippen LogP contribution >= 0.6 is 0 Å². The Morgan fingerprint density at radius 3 is 2.40 bits per heavy atom. The molecule has 4 rings (SSSR count). The Labute approximate surface area is 174 Å². The van der Waals surface area contributed by atoms with Crippen molar-refractivity contribution in [3.8, 4) is 0 Å². The molecular formula is C20H22N4O5S. The van der Waals surface area contributed by atoms with Gasteiger partial charge in [-0.25, -0.2) is 8.42 Å². The van der Waals surface area contributed by atoms with Crippen LogP contribution in [0, 0.1) is 10.1 Å². The van der Waals surface area contributed by atoms with E-state index in [4.69, 9.17) is 5.73 Å². The van der Waals surface area contributed by atoms with Crippen molar-refractivity contribution >= 4 is 27.3 Å². The monoisotopic (exact) mass is 430 g/mol. The summed E-state index contributed by atoms with van der Waals surface area (Å²) < 4.78 is 27.4. The fourth-order valence-corrected chi connectivity index (χ4v) is 5.48. The molecule has 0 radical (unpaired) electrons. The molecule has 1 saturated heterocycles. The van der Waals surface area contributed by atoms with Crippen LogP contribution in [0.5, 0.6) is 0 Å². The van der Waals surface area contributed by atoms with E-state index in [0.29, 0.717) is 0 Å². The van der Waals surface area contributed by atoms with Gasteiger partial charge >= 0.3 is 0 Å². The Morgan fingerprint density at radius 2 is 1.70 bits per heavy atom. The Kier molecular flexibility index (Phi) is 5.20. The van der Waals surface area contributed by atoms with Gasteiger partial charge in [0, 0.05) is 37.8 Å². The molecule has 0 spiro atoms. The van der Waals surface area contributed by atoms with Gasteiger partial charge in [0.1, 0.15) is 5.69 Å². The third-order valence-corrected chi connectivity index (χ3v) is 7.60. The third-order valence-electron chi connectivity index (χ3n) is 5.71. The number of nitrogens with two attached hydrogens (primary N) is 1. The van der Waals surface area contributed by atoms with Gasteiger partial charge in [0.15, 0.2) is 0 Å². The number of anilines is 1. The number of sulfonamides is 1. The predicted octanol–water partition coefficient (Wildman–Crippen LogP) is 1.81. The highest BCUT2D eigenvalue weighted by atomic mass is 32.2. The van der Waals surface area contributed by atoms with Crippen LogP contribution in [0.1, 0.15) is 27.9 Å². The van der Waals surface area contributed by atoms with Crippen LogP contribution in [-0.4, -0.2) is 54.6 Å². The number of nitrogen functional groups attached to an aromatic ring is 1. The molecule has 0 atom stereocenters. The summed E-state index contributed by atoms with van der Waals surface area (Å²) in [6.07, 6.45) is 2.93. The van der Waals surface area contributed by atoms with Gasteiger partial charge < -0.3 is 10.6 Å². The van der Waals surface area contributed by atoms with Crippen LogP contribution in [0.2, 0.25) is 0 Å². The first-order valence-electron chi connectivity index (χ1n) is 9.72. The van der Waals surface area contributed by atoms with Crippen LogP contribution in [0.3, 0.4) is 0 Å². The predicted molar refractivity (Wildman–Crippen MR) is 111 cm³/mol. The summed E-state index contributed by atoms with van der Waals surface area (Å²) in [4.78, 5) is 25.0. The summed E-state index contributed by atoms with van der Waals surface area (Å²) in [6.45, 7) is 0.757. The topological polar surface area (TPSA) is 127 Å². The van der Waals surface area contributed by atoms with E-state index in [-0.39, 0.29) is 53.9 Å². The van der Waals surface area contributed by atoms with Gasteiger partial charge in [0.2, 0.25) is 10.0 Å². The Balaban J connectivity index is 1.46. The molecular weight excluding hydrogens is 408 g/mol. The van der Waals surface area contributed by atoms with E-state index in [9.17, 15) is 23.3 Å². The lowest BCUT2D eigenvalue weighted by Crippen LogP contribution is -2.50. The number of aryl methyl sites for hydroxylation is 2. The summed E-state index contributed by atoms with van der Waals surface area (Å²) in [5, 5.41) is 11.1. The van der Waals surface area contributed by atoms with Crippen LogP contribution in [-0.2, 0) is 22.9 Å². The maximum absolute atomic E-state index is 13.0. The van der Waals surface area contributed by atoms with Crippen molar-refractivity contribution in [2.45, 2.75) is 24.2 Å².